The maximum absolute atomic E-state index is 10.9. The molecule has 15 heavy (non-hydrogen) atoms. The zero-order valence-corrected chi connectivity index (χ0v) is 8.74. The quantitative estimate of drug-likeness (QED) is 0.512. The summed E-state index contributed by atoms with van der Waals surface area (Å²) >= 11 is 0. The van der Waals surface area contributed by atoms with E-state index in [0.29, 0.717) is 0 Å². The second-order valence-electron chi connectivity index (χ2n) is 2.44. The second-order valence-corrected chi connectivity index (χ2v) is 2.44. The molecule has 86 valence electrons. The first-order valence-corrected chi connectivity index (χ1v) is 4.23. The van der Waals surface area contributed by atoms with Gasteiger partial charge in [0.15, 0.2) is 0 Å². The standard InChI is InChI=1S/C10H14O4.H3N/c1-3-7-13-9(11)5-6-10(12)14-8-4-2;/h3-4H,1-2,5-8H2;1H3. The molecule has 0 aliphatic carbocycles. The van der Waals surface area contributed by atoms with E-state index in [1.165, 1.54) is 12.2 Å². The van der Waals surface area contributed by atoms with Crippen LogP contribution in [0, 0.1) is 0 Å². The summed E-state index contributed by atoms with van der Waals surface area (Å²) in [7, 11) is 0. The Balaban J connectivity index is 0. The van der Waals surface area contributed by atoms with Crippen LogP contribution in [0.2, 0.25) is 0 Å². The van der Waals surface area contributed by atoms with Crippen LogP contribution in [0.3, 0.4) is 0 Å². The van der Waals surface area contributed by atoms with Gasteiger partial charge in [0.1, 0.15) is 13.2 Å². The molecule has 0 heterocycles. The Morgan fingerprint density at radius 2 is 1.27 bits per heavy atom. The number of hydrogen-bond donors (Lipinski definition) is 1. The van der Waals surface area contributed by atoms with Crippen molar-refractivity contribution in [2.45, 2.75) is 12.8 Å². The Morgan fingerprint density at radius 1 is 0.933 bits per heavy atom. The molecular weight excluding hydrogens is 198 g/mol. The highest BCUT2D eigenvalue weighted by atomic mass is 16.5. The molecule has 0 amide bonds. The van der Waals surface area contributed by atoms with Gasteiger partial charge in [0.25, 0.3) is 0 Å². The lowest BCUT2D eigenvalue weighted by Crippen LogP contribution is -2.10. The molecule has 0 spiro atoms. The van der Waals surface area contributed by atoms with E-state index in [1.54, 1.807) is 0 Å². The SMILES string of the molecule is C=CCOC(=O)CCC(=O)OCC=C.N. The molecule has 0 aromatic heterocycles. The van der Waals surface area contributed by atoms with E-state index in [9.17, 15) is 9.59 Å². The predicted molar refractivity (Wildman–Crippen MR) is 56.6 cm³/mol. The zero-order valence-electron chi connectivity index (χ0n) is 8.74. The van der Waals surface area contributed by atoms with Gasteiger partial charge in [-0.2, -0.15) is 0 Å². The first-order valence-electron chi connectivity index (χ1n) is 4.23. The van der Waals surface area contributed by atoms with Gasteiger partial charge >= 0.3 is 11.9 Å². The number of ether oxygens (including phenoxy) is 2. The van der Waals surface area contributed by atoms with Gasteiger partial charge < -0.3 is 15.6 Å². The van der Waals surface area contributed by atoms with Crippen molar-refractivity contribution >= 4 is 11.9 Å². The van der Waals surface area contributed by atoms with Crippen molar-refractivity contribution in [1.82, 2.24) is 6.15 Å². The fourth-order valence-electron chi connectivity index (χ4n) is 0.652. The number of hydrogen-bond acceptors (Lipinski definition) is 5. The summed E-state index contributed by atoms with van der Waals surface area (Å²) in [5.74, 6) is -0.860. The Morgan fingerprint density at radius 3 is 1.53 bits per heavy atom. The molecule has 3 N–H and O–H groups in total. The van der Waals surface area contributed by atoms with Crippen LogP contribution in [0.25, 0.3) is 0 Å². The number of rotatable bonds is 7. The van der Waals surface area contributed by atoms with Crippen molar-refractivity contribution in [3.8, 4) is 0 Å². The predicted octanol–water partition coefficient (Wildman–Crippen LogP) is 1.39. The van der Waals surface area contributed by atoms with Gasteiger partial charge in [-0.05, 0) is 0 Å². The number of carbonyl (C=O) groups is 2. The van der Waals surface area contributed by atoms with Gasteiger partial charge in [-0.1, -0.05) is 25.3 Å². The maximum atomic E-state index is 10.9. The van der Waals surface area contributed by atoms with Crippen LogP contribution in [0.15, 0.2) is 25.3 Å². The molecule has 0 rings (SSSR count). The average molecular weight is 215 g/mol. The second kappa shape index (κ2) is 10.5. The van der Waals surface area contributed by atoms with E-state index in [1.807, 2.05) is 0 Å². The fourth-order valence-corrected chi connectivity index (χ4v) is 0.652. The highest BCUT2D eigenvalue weighted by Crippen LogP contribution is 1.95. The van der Waals surface area contributed by atoms with Crippen LogP contribution in [-0.4, -0.2) is 25.2 Å². The van der Waals surface area contributed by atoms with Gasteiger partial charge in [-0.3, -0.25) is 9.59 Å². The Hall–Kier alpha value is -1.62. The molecule has 5 heteroatoms. The van der Waals surface area contributed by atoms with Crippen molar-refractivity contribution in [1.29, 1.82) is 0 Å². The molecule has 0 fully saturated rings. The largest absolute Gasteiger partial charge is 0.461 e. The first-order chi connectivity index (χ1) is 6.70. The van der Waals surface area contributed by atoms with E-state index in [4.69, 9.17) is 0 Å². The zero-order chi connectivity index (χ0) is 10.8. The minimum atomic E-state index is -0.430. The number of carbonyl (C=O) groups excluding carboxylic acids is 2. The van der Waals surface area contributed by atoms with Crippen LogP contribution in [0.1, 0.15) is 12.8 Å². The smallest absolute Gasteiger partial charge is 0.306 e. The third kappa shape index (κ3) is 10.3. The van der Waals surface area contributed by atoms with Gasteiger partial charge in [-0.25, -0.2) is 0 Å². The summed E-state index contributed by atoms with van der Waals surface area (Å²) in [5.41, 5.74) is 0. The van der Waals surface area contributed by atoms with Gasteiger partial charge in [0.2, 0.25) is 0 Å². The lowest BCUT2D eigenvalue weighted by molar-refractivity contribution is -0.149. The molecule has 0 saturated carbocycles. The monoisotopic (exact) mass is 215 g/mol. The van der Waals surface area contributed by atoms with E-state index >= 15 is 0 Å². The van der Waals surface area contributed by atoms with Crippen molar-refractivity contribution in [2.24, 2.45) is 0 Å². The van der Waals surface area contributed by atoms with Crippen LogP contribution in [0.4, 0.5) is 0 Å². The Bertz CT molecular complexity index is 201. The Kier molecular flexibility index (Phi) is 11.0. The summed E-state index contributed by atoms with van der Waals surface area (Å²) in [6.45, 7) is 7.11. The molecule has 0 atom stereocenters. The molecule has 0 saturated heterocycles. The van der Waals surface area contributed by atoms with Crippen molar-refractivity contribution < 1.29 is 19.1 Å². The van der Waals surface area contributed by atoms with Crippen molar-refractivity contribution in [3.05, 3.63) is 25.3 Å². The highest BCUT2D eigenvalue weighted by molar-refractivity contribution is 5.77. The topological polar surface area (TPSA) is 87.6 Å². The molecule has 0 bridgehead atoms. The summed E-state index contributed by atoms with van der Waals surface area (Å²) in [5, 5.41) is 0. The Labute approximate surface area is 89.3 Å². The summed E-state index contributed by atoms with van der Waals surface area (Å²) in [4.78, 5) is 21.8. The fraction of sp³-hybridized carbons (Fsp3) is 0.400. The van der Waals surface area contributed by atoms with E-state index < -0.39 is 11.9 Å². The molecule has 0 aliphatic heterocycles. The minimum Gasteiger partial charge on any atom is -0.461 e. The summed E-state index contributed by atoms with van der Waals surface area (Å²) < 4.78 is 9.32. The molecular formula is C10H17NO4. The van der Waals surface area contributed by atoms with Crippen LogP contribution < -0.4 is 6.15 Å². The van der Waals surface area contributed by atoms with Gasteiger partial charge in [-0.15, -0.1) is 0 Å². The van der Waals surface area contributed by atoms with Gasteiger partial charge in [0, 0.05) is 0 Å². The lowest BCUT2D eigenvalue weighted by Gasteiger charge is -2.02. The molecule has 5 nitrogen and oxygen atoms in total. The molecule has 0 radical (unpaired) electrons. The van der Waals surface area contributed by atoms with E-state index in [0.717, 1.165) is 0 Å². The molecule has 0 aromatic carbocycles. The molecule has 0 unspecified atom stereocenters. The average Bonchev–Trinajstić information content (AvgIpc) is 2.20. The maximum Gasteiger partial charge on any atom is 0.306 e. The molecule has 0 aliphatic rings. The number of esters is 2. The third-order valence-electron chi connectivity index (χ3n) is 1.26. The normalized spacial score (nSPS) is 8.27. The lowest BCUT2D eigenvalue weighted by atomic mass is 10.3. The summed E-state index contributed by atoms with van der Waals surface area (Å²) in [6, 6.07) is 0. The van der Waals surface area contributed by atoms with Crippen molar-refractivity contribution in [2.75, 3.05) is 13.2 Å². The van der Waals surface area contributed by atoms with E-state index in [-0.39, 0.29) is 32.2 Å². The van der Waals surface area contributed by atoms with E-state index in [2.05, 4.69) is 22.6 Å². The minimum absolute atomic E-state index is 0. The van der Waals surface area contributed by atoms with Crippen molar-refractivity contribution in [3.63, 3.8) is 0 Å². The first kappa shape index (κ1) is 15.8. The van der Waals surface area contributed by atoms with Crippen LogP contribution >= 0.6 is 0 Å². The van der Waals surface area contributed by atoms with Crippen LogP contribution in [-0.2, 0) is 19.1 Å². The summed E-state index contributed by atoms with van der Waals surface area (Å²) in [6.07, 6.45) is 3.00. The van der Waals surface area contributed by atoms with Gasteiger partial charge in [0.05, 0.1) is 12.8 Å². The van der Waals surface area contributed by atoms with Crippen LogP contribution in [0.5, 0.6) is 0 Å². The third-order valence-corrected chi connectivity index (χ3v) is 1.26. The molecule has 0 aromatic rings. The highest BCUT2D eigenvalue weighted by Gasteiger charge is 2.07.